The highest BCUT2D eigenvalue weighted by molar-refractivity contribution is 5.92. The number of carbonyl (C=O) groups excluding carboxylic acids is 4. The van der Waals surface area contributed by atoms with Gasteiger partial charge in [0.2, 0.25) is 0 Å². The van der Waals surface area contributed by atoms with Crippen LogP contribution in [0.4, 0.5) is 0 Å². The summed E-state index contributed by atoms with van der Waals surface area (Å²) >= 11 is 0. The Morgan fingerprint density at radius 2 is 1.05 bits per heavy atom. The smallest absolute Gasteiger partial charge is 0.343 e. The summed E-state index contributed by atoms with van der Waals surface area (Å²) in [5.41, 5.74) is 4.91. The second-order valence-electron chi connectivity index (χ2n) is 14.4. The predicted molar refractivity (Wildman–Crippen MR) is 228 cm³/mol. The monoisotopic (exact) mass is 818 g/mol. The van der Waals surface area contributed by atoms with Gasteiger partial charge in [-0.2, -0.15) is 0 Å². The third-order valence-electron chi connectivity index (χ3n) is 9.92. The molecule has 0 saturated heterocycles. The van der Waals surface area contributed by atoms with Crippen molar-refractivity contribution in [1.29, 1.82) is 0 Å². The van der Waals surface area contributed by atoms with Crippen LogP contribution in [0.25, 0.3) is 11.1 Å². The molecule has 0 bridgehead atoms. The van der Waals surface area contributed by atoms with Crippen LogP contribution in [-0.2, 0) is 23.8 Å². The van der Waals surface area contributed by atoms with Crippen LogP contribution in [0.5, 0.6) is 23.0 Å². The Morgan fingerprint density at radius 1 is 0.583 bits per heavy atom. The lowest BCUT2D eigenvalue weighted by Crippen LogP contribution is -2.29. The van der Waals surface area contributed by atoms with Gasteiger partial charge < -0.3 is 33.2 Å². The molecule has 0 aromatic heterocycles. The first-order chi connectivity index (χ1) is 29.2. The summed E-state index contributed by atoms with van der Waals surface area (Å²) in [7, 11) is 0. The number of hydrogen-bond donors (Lipinski definition) is 0. The molecule has 4 aromatic carbocycles. The molecule has 0 heterocycles. The first kappa shape index (κ1) is 44.9. The van der Waals surface area contributed by atoms with E-state index < -0.39 is 30.0 Å². The zero-order chi connectivity index (χ0) is 42.7. The lowest BCUT2D eigenvalue weighted by Gasteiger charge is -2.17. The minimum atomic E-state index is -0.770. The third kappa shape index (κ3) is 13.4. The van der Waals surface area contributed by atoms with Crippen molar-refractivity contribution < 1.29 is 52.3 Å². The van der Waals surface area contributed by atoms with E-state index in [1.165, 1.54) is 25.7 Å². The molecule has 0 radical (unpaired) electrons. The average Bonchev–Trinajstić information content (AvgIpc) is 3.54. The van der Waals surface area contributed by atoms with Crippen LogP contribution in [0, 0.1) is 0 Å². The molecule has 0 spiro atoms. The van der Waals surface area contributed by atoms with Crippen molar-refractivity contribution >= 4 is 23.9 Å². The Balaban J connectivity index is 1.04. The number of benzene rings is 4. The largest absolute Gasteiger partial charge is 0.494 e. The summed E-state index contributed by atoms with van der Waals surface area (Å²) in [4.78, 5) is 49.0. The summed E-state index contributed by atoms with van der Waals surface area (Å²) in [6.45, 7) is 12.3. The normalized spacial score (nSPS) is 12.9. The first-order valence-corrected chi connectivity index (χ1v) is 20.6. The van der Waals surface area contributed by atoms with Gasteiger partial charge in [0.25, 0.3) is 0 Å². The van der Waals surface area contributed by atoms with Gasteiger partial charge in [-0.05, 0) is 114 Å². The van der Waals surface area contributed by atoms with E-state index in [-0.39, 0.29) is 19.1 Å². The number of fused-ring (bicyclic) bond motifs is 3. The predicted octanol–water partition coefficient (Wildman–Crippen LogP) is 10.00. The Bertz CT molecular complexity index is 2070. The van der Waals surface area contributed by atoms with Crippen molar-refractivity contribution in [3.05, 3.63) is 132 Å². The van der Waals surface area contributed by atoms with Crippen molar-refractivity contribution in [2.75, 3.05) is 33.0 Å². The van der Waals surface area contributed by atoms with Crippen molar-refractivity contribution in [3.8, 4) is 34.1 Å². The fourth-order valence-electron chi connectivity index (χ4n) is 6.64. The highest BCUT2D eigenvalue weighted by atomic mass is 16.6. The Kier molecular flexibility index (Phi) is 17.5. The molecule has 11 heteroatoms. The number of ether oxygens (including phenoxy) is 7. The van der Waals surface area contributed by atoms with Gasteiger partial charge in [0.05, 0.1) is 30.9 Å². The van der Waals surface area contributed by atoms with Gasteiger partial charge in [-0.25, -0.2) is 19.2 Å². The van der Waals surface area contributed by atoms with E-state index in [2.05, 4.69) is 27.0 Å². The van der Waals surface area contributed by atoms with Crippen LogP contribution in [0.1, 0.15) is 103 Å². The molecule has 2 atom stereocenters. The summed E-state index contributed by atoms with van der Waals surface area (Å²) < 4.78 is 38.9. The van der Waals surface area contributed by atoms with Gasteiger partial charge in [-0.1, -0.05) is 71.2 Å². The second-order valence-corrected chi connectivity index (χ2v) is 14.4. The van der Waals surface area contributed by atoms with Gasteiger partial charge in [0.1, 0.15) is 29.6 Å². The summed E-state index contributed by atoms with van der Waals surface area (Å²) in [6, 6.07) is 25.0. The molecule has 316 valence electrons. The number of hydrogen-bond acceptors (Lipinski definition) is 11. The van der Waals surface area contributed by atoms with E-state index in [4.69, 9.17) is 33.2 Å². The van der Waals surface area contributed by atoms with E-state index >= 15 is 0 Å². The molecular weight excluding hydrogens is 765 g/mol. The van der Waals surface area contributed by atoms with E-state index in [1.54, 1.807) is 60.7 Å². The summed E-state index contributed by atoms with van der Waals surface area (Å²) in [6.07, 6.45) is 9.82. The zero-order valence-electron chi connectivity index (χ0n) is 34.5. The Labute approximate surface area is 352 Å². The lowest BCUT2D eigenvalue weighted by atomic mass is 9.99. The fraction of sp³-hybridized carbons (Fsp3) is 0.347. The Hall–Kier alpha value is -6.20. The molecule has 4 aromatic rings. The van der Waals surface area contributed by atoms with Crippen molar-refractivity contribution in [2.45, 2.75) is 77.2 Å². The molecule has 5 rings (SSSR count). The minimum Gasteiger partial charge on any atom is -0.494 e. The molecule has 0 aliphatic heterocycles. The van der Waals surface area contributed by atoms with Gasteiger partial charge in [-0.3, -0.25) is 0 Å². The van der Waals surface area contributed by atoms with Crippen LogP contribution in [-0.4, -0.2) is 63.0 Å². The molecular formula is C49H54O11. The highest BCUT2D eigenvalue weighted by Gasteiger charge is 2.27. The van der Waals surface area contributed by atoms with Crippen LogP contribution in [0.2, 0.25) is 0 Å². The van der Waals surface area contributed by atoms with Gasteiger partial charge >= 0.3 is 23.9 Å². The molecule has 0 amide bonds. The first-order valence-electron chi connectivity index (χ1n) is 20.6. The zero-order valence-corrected chi connectivity index (χ0v) is 34.5. The van der Waals surface area contributed by atoms with E-state index in [0.29, 0.717) is 61.0 Å². The maximum absolute atomic E-state index is 13.1. The van der Waals surface area contributed by atoms with Crippen molar-refractivity contribution in [1.82, 2.24) is 0 Å². The number of carbonyl (C=O) groups is 4. The fourth-order valence-corrected chi connectivity index (χ4v) is 6.64. The SMILES string of the molecule is C=CC(=O)OCC(COCCCCOc1ccc(C(=O)Oc2ccc3c(c2)C(C)c2cc(OC(=O)c4ccc(OCCCCCCCC)cc4)ccc2-3)cc1)OC(=O)C=C. The van der Waals surface area contributed by atoms with E-state index in [9.17, 15) is 19.2 Å². The van der Waals surface area contributed by atoms with Gasteiger partial charge in [0.15, 0.2) is 6.10 Å². The van der Waals surface area contributed by atoms with E-state index in [1.807, 2.05) is 24.3 Å². The van der Waals surface area contributed by atoms with Crippen molar-refractivity contribution in [3.63, 3.8) is 0 Å². The third-order valence-corrected chi connectivity index (χ3v) is 9.92. The Morgan fingerprint density at radius 3 is 1.57 bits per heavy atom. The topological polar surface area (TPSA) is 133 Å². The number of unbranched alkanes of at least 4 members (excludes halogenated alkanes) is 6. The quantitative estimate of drug-likeness (QED) is 0.0274. The average molecular weight is 819 g/mol. The molecule has 1 aliphatic carbocycles. The summed E-state index contributed by atoms with van der Waals surface area (Å²) in [5, 5.41) is 0. The molecule has 0 N–H and O–H groups in total. The van der Waals surface area contributed by atoms with Crippen LogP contribution < -0.4 is 18.9 Å². The van der Waals surface area contributed by atoms with Crippen LogP contribution in [0.15, 0.2) is 110 Å². The standard InChI is InChI=1S/C49H54O11/c1-5-8-9-10-11-12-28-55-37-19-15-35(16-20-37)48(52)59-39-23-25-42-43-26-24-40(31-45(43)34(4)44(42)30-39)60-49(53)36-17-21-38(22-18-36)56-29-14-13-27-54-32-41(58-47(51)7-3)33-57-46(50)6-2/h6-7,15-26,30-31,34,41H,2-3,5,8-14,27-29,32-33H2,1,4H3. The molecule has 60 heavy (non-hydrogen) atoms. The van der Waals surface area contributed by atoms with Gasteiger partial charge in [0, 0.05) is 24.7 Å². The maximum Gasteiger partial charge on any atom is 0.343 e. The minimum absolute atomic E-state index is 0.0220. The molecule has 0 saturated carbocycles. The van der Waals surface area contributed by atoms with Crippen LogP contribution in [0.3, 0.4) is 0 Å². The summed E-state index contributed by atoms with van der Waals surface area (Å²) in [5.74, 6) is -0.0161. The molecule has 0 fully saturated rings. The van der Waals surface area contributed by atoms with Crippen LogP contribution >= 0.6 is 0 Å². The van der Waals surface area contributed by atoms with E-state index in [0.717, 1.165) is 53.0 Å². The molecule has 2 unspecified atom stereocenters. The maximum atomic E-state index is 13.1. The second kappa shape index (κ2) is 23.4. The van der Waals surface area contributed by atoms with Gasteiger partial charge in [-0.15, -0.1) is 0 Å². The number of esters is 4. The molecule has 1 aliphatic rings. The lowest BCUT2D eigenvalue weighted by molar-refractivity contribution is -0.156. The molecule has 11 nitrogen and oxygen atoms in total. The number of rotatable bonds is 25. The highest BCUT2D eigenvalue weighted by Crippen LogP contribution is 2.47. The van der Waals surface area contributed by atoms with Crippen molar-refractivity contribution in [2.24, 2.45) is 0 Å².